The number of hydrogen-bond acceptors (Lipinski definition) is 5. The first kappa shape index (κ1) is 19.5. The number of nitrogens with zero attached hydrogens (tertiary/aromatic N) is 2. The molecule has 1 heterocycles. The van der Waals surface area contributed by atoms with Gasteiger partial charge >= 0.3 is 12.2 Å². The molecule has 0 aliphatic carbocycles. The van der Waals surface area contributed by atoms with E-state index in [1.807, 2.05) is 0 Å². The maximum absolute atomic E-state index is 12.3. The van der Waals surface area contributed by atoms with Crippen molar-refractivity contribution in [2.75, 3.05) is 6.54 Å². The number of carbonyl (C=O) groups is 2. The van der Waals surface area contributed by atoms with Crippen LogP contribution in [0.3, 0.4) is 0 Å². The molecule has 0 spiro atoms. The van der Waals surface area contributed by atoms with Crippen molar-refractivity contribution in [1.29, 1.82) is 0 Å². The highest BCUT2D eigenvalue weighted by Crippen LogP contribution is 2.14. The minimum Gasteiger partial charge on any atom is -0.443 e. The molecule has 6 heteroatoms. The molecule has 0 aromatic carbocycles. The van der Waals surface area contributed by atoms with Crippen LogP contribution < -0.4 is 0 Å². The van der Waals surface area contributed by atoms with Crippen molar-refractivity contribution < 1.29 is 19.1 Å². The molecule has 0 fully saturated rings. The third-order valence-electron chi connectivity index (χ3n) is 2.36. The molecule has 0 N–H and O–H groups in total. The summed E-state index contributed by atoms with van der Waals surface area (Å²) in [5.74, 6) is 5.61. The second-order valence-corrected chi connectivity index (χ2v) is 7.09. The summed E-state index contributed by atoms with van der Waals surface area (Å²) >= 11 is 0. The smallest absolute Gasteiger partial charge is 0.420 e. The van der Waals surface area contributed by atoms with E-state index in [-0.39, 0.29) is 6.54 Å². The Balaban J connectivity index is 2.90. The van der Waals surface area contributed by atoms with Gasteiger partial charge in [-0.2, -0.15) is 0 Å². The summed E-state index contributed by atoms with van der Waals surface area (Å²) in [6, 6.07) is 3.54. The maximum atomic E-state index is 12.3. The van der Waals surface area contributed by atoms with E-state index in [1.165, 1.54) is 0 Å². The van der Waals surface area contributed by atoms with Crippen molar-refractivity contribution in [3.8, 4) is 11.8 Å². The molecule has 1 aromatic rings. The van der Waals surface area contributed by atoms with Gasteiger partial charge in [0.15, 0.2) is 0 Å². The van der Waals surface area contributed by atoms with Crippen LogP contribution in [-0.4, -0.2) is 39.8 Å². The largest absolute Gasteiger partial charge is 0.443 e. The lowest BCUT2D eigenvalue weighted by Gasteiger charge is -2.27. The molecule has 0 radical (unpaired) electrons. The van der Waals surface area contributed by atoms with Crippen LogP contribution in [0.5, 0.6) is 0 Å². The van der Waals surface area contributed by atoms with Crippen molar-refractivity contribution in [3.05, 3.63) is 30.1 Å². The Kier molecular flexibility index (Phi) is 6.35. The number of pyridine rings is 1. The second-order valence-electron chi connectivity index (χ2n) is 7.09. The van der Waals surface area contributed by atoms with Gasteiger partial charge in [-0.05, 0) is 53.7 Å². The molecule has 0 aliphatic heterocycles. The number of ether oxygens (including phenoxy) is 2. The molecule has 1 rings (SSSR count). The maximum Gasteiger partial charge on any atom is 0.420 e. The van der Waals surface area contributed by atoms with E-state index in [1.54, 1.807) is 66.1 Å². The van der Waals surface area contributed by atoms with Crippen molar-refractivity contribution in [2.24, 2.45) is 0 Å². The Bertz CT molecular complexity index is 603. The molecule has 0 saturated carbocycles. The predicted molar refractivity (Wildman–Crippen MR) is 90.3 cm³/mol. The average molecular weight is 332 g/mol. The van der Waals surface area contributed by atoms with Crippen molar-refractivity contribution >= 4 is 12.2 Å². The molecule has 0 aliphatic rings. The minimum absolute atomic E-state index is 0.140. The van der Waals surface area contributed by atoms with E-state index in [2.05, 4.69) is 16.8 Å². The first-order valence-corrected chi connectivity index (χ1v) is 7.60. The van der Waals surface area contributed by atoms with Crippen LogP contribution in [0.2, 0.25) is 0 Å². The van der Waals surface area contributed by atoms with Gasteiger partial charge in [0.25, 0.3) is 0 Å². The number of amides is 2. The molecule has 24 heavy (non-hydrogen) atoms. The Labute approximate surface area is 143 Å². The van der Waals surface area contributed by atoms with Crippen molar-refractivity contribution in [3.63, 3.8) is 0 Å². The highest BCUT2D eigenvalue weighted by Gasteiger charge is 2.30. The summed E-state index contributed by atoms with van der Waals surface area (Å²) in [6.45, 7) is 10.2. The molecule has 130 valence electrons. The summed E-state index contributed by atoms with van der Waals surface area (Å²) in [6.07, 6.45) is 1.64. The number of aromatic nitrogens is 1. The normalized spacial score (nSPS) is 11.1. The third-order valence-corrected chi connectivity index (χ3v) is 2.36. The standard InChI is InChI=1S/C18H24N2O4/c1-17(2,3)23-15(21)20(16(22)24-18(4,5)6)12-8-10-14-9-7-11-19-13-14/h7,9,11,13H,12H2,1-6H3. The van der Waals surface area contributed by atoms with E-state index < -0.39 is 23.4 Å². The first-order valence-electron chi connectivity index (χ1n) is 7.60. The van der Waals surface area contributed by atoms with Crippen LogP contribution in [0.15, 0.2) is 24.5 Å². The minimum atomic E-state index is -0.794. The van der Waals surface area contributed by atoms with E-state index in [4.69, 9.17) is 9.47 Å². The highest BCUT2D eigenvalue weighted by molar-refractivity contribution is 5.88. The Morgan fingerprint density at radius 2 is 1.62 bits per heavy atom. The molecule has 6 nitrogen and oxygen atoms in total. The van der Waals surface area contributed by atoms with Crippen LogP contribution in [0.25, 0.3) is 0 Å². The van der Waals surface area contributed by atoms with Gasteiger partial charge in [-0.25, -0.2) is 14.5 Å². The second kappa shape index (κ2) is 7.82. The first-order chi connectivity index (χ1) is 11.0. The Hall–Kier alpha value is -2.55. The van der Waals surface area contributed by atoms with E-state index in [9.17, 15) is 9.59 Å². The lowest BCUT2D eigenvalue weighted by atomic mass is 10.2. The summed E-state index contributed by atoms with van der Waals surface area (Å²) in [5.41, 5.74) is -0.770. The van der Waals surface area contributed by atoms with Crippen LogP contribution in [0.1, 0.15) is 47.1 Å². The fourth-order valence-corrected chi connectivity index (χ4v) is 1.50. The van der Waals surface area contributed by atoms with Gasteiger partial charge in [0, 0.05) is 18.0 Å². The zero-order valence-electron chi connectivity index (χ0n) is 15.0. The van der Waals surface area contributed by atoms with Gasteiger partial charge in [-0.15, -0.1) is 0 Å². The summed E-state index contributed by atoms with van der Waals surface area (Å²) in [4.78, 5) is 29.3. The van der Waals surface area contributed by atoms with E-state index in [0.29, 0.717) is 5.56 Å². The topological polar surface area (TPSA) is 68.7 Å². The number of hydrogen-bond donors (Lipinski definition) is 0. The number of carbonyl (C=O) groups excluding carboxylic acids is 2. The predicted octanol–water partition coefficient (Wildman–Crippen LogP) is 3.61. The van der Waals surface area contributed by atoms with Gasteiger partial charge < -0.3 is 9.47 Å². The highest BCUT2D eigenvalue weighted by atomic mass is 16.6. The zero-order chi connectivity index (χ0) is 18.4. The van der Waals surface area contributed by atoms with Crippen molar-refractivity contribution in [2.45, 2.75) is 52.7 Å². The zero-order valence-corrected chi connectivity index (χ0v) is 15.0. The Morgan fingerprint density at radius 1 is 1.08 bits per heavy atom. The molecule has 0 bridgehead atoms. The van der Waals surface area contributed by atoms with E-state index >= 15 is 0 Å². The van der Waals surface area contributed by atoms with Crippen LogP contribution in [0, 0.1) is 11.8 Å². The van der Waals surface area contributed by atoms with Gasteiger partial charge in [0.2, 0.25) is 0 Å². The lowest BCUT2D eigenvalue weighted by molar-refractivity contribution is 0.00412. The molecule has 0 saturated heterocycles. The van der Waals surface area contributed by atoms with Gasteiger partial charge in [-0.3, -0.25) is 4.98 Å². The molecular formula is C18H24N2O4. The quantitative estimate of drug-likeness (QED) is 0.735. The van der Waals surface area contributed by atoms with Crippen LogP contribution in [0.4, 0.5) is 9.59 Å². The van der Waals surface area contributed by atoms with Gasteiger partial charge in [0.1, 0.15) is 11.2 Å². The molecule has 0 atom stereocenters. The fourth-order valence-electron chi connectivity index (χ4n) is 1.50. The van der Waals surface area contributed by atoms with E-state index in [0.717, 1.165) is 4.90 Å². The summed E-state index contributed by atoms with van der Waals surface area (Å²) < 4.78 is 10.5. The summed E-state index contributed by atoms with van der Waals surface area (Å²) in [5, 5.41) is 0. The van der Waals surface area contributed by atoms with Gasteiger partial charge in [-0.1, -0.05) is 11.8 Å². The molecular weight excluding hydrogens is 308 g/mol. The molecule has 0 unspecified atom stereocenters. The molecule has 1 aromatic heterocycles. The number of rotatable bonds is 1. The van der Waals surface area contributed by atoms with Crippen LogP contribution >= 0.6 is 0 Å². The van der Waals surface area contributed by atoms with Crippen molar-refractivity contribution in [1.82, 2.24) is 9.88 Å². The monoisotopic (exact) mass is 332 g/mol. The lowest BCUT2D eigenvalue weighted by Crippen LogP contribution is -2.43. The SMILES string of the molecule is CC(C)(C)OC(=O)N(CC#Cc1cccnc1)C(=O)OC(C)(C)C. The average Bonchev–Trinajstić information content (AvgIpc) is 2.40. The Morgan fingerprint density at radius 3 is 2.04 bits per heavy atom. The fraction of sp³-hybridized carbons (Fsp3) is 0.500. The third kappa shape index (κ3) is 7.63. The number of imide groups is 1. The summed E-state index contributed by atoms with van der Waals surface area (Å²) in [7, 11) is 0. The van der Waals surface area contributed by atoms with Crippen LogP contribution in [-0.2, 0) is 9.47 Å². The van der Waals surface area contributed by atoms with Gasteiger partial charge in [0.05, 0.1) is 6.54 Å². The molecule has 2 amide bonds.